The normalized spacial score (nSPS) is 24.0. The van der Waals surface area contributed by atoms with Gasteiger partial charge in [0.2, 0.25) is 0 Å². The van der Waals surface area contributed by atoms with Gasteiger partial charge in [-0.25, -0.2) is 9.78 Å². The summed E-state index contributed by atoms with van der Waals surface area (Å²) in [6.07, 6.45) is 4.23. The lowest BCUT2D eigenvalue weighted by Gasteiger charge is -1.92. The zero-order valence-electron chi connectivity index (χ0n) is 4.22. The molecule has 0 aromatic heterocycles. The largest absolute Gasteiger partial charge is 0.237 e. The molecule has 1 fully saturated rings. The van der Waals surface area contributed by atoms with E-state index in [-0.39, 0.29) is 0 Å². The van der Waals surface area contributed by atoms with Crippen molar-refractivity contribution in [2.45, 2.75) is 12.8 Å². The highest BCUT2D eigenvalue weighted by molar-refractivity contribution is 4.63. The first-order chi connectivity index (χ1) is 3.50. The Hall–Kier alpha value is -0.0800. The first-order valence-electron chi connectivity index (χ1n) is 2.56. The molecule has 1 heterocycles. The van der Waals surface area contributed by atoms with Crippen LogP contribution in [0, 0.1) is 6.42 Å². The summed E-state index contributed by atoms with van der Waals surface area (Å²) in [7, 11) is 0. The van der Waals surface area contributed by atoms with E-state index >= 15 is 0 Å². The molecule has 0 aromatic carbocycles. The number of hydrogen-bond donors (Lipinski definition) is 0. The SMILES string of the molecule is [CH]1CCOOCC1. The van der Waals surface area contributed by atoms with Gasteiger partial charge in [-0.3, -0.25) is 0 Å². The van der Waals surface area contributed by atoms with E-state index in [0.717, 1.165) is 26.1 Å². The van der Waals surface area contributed by atoms with Crippen LogP contribution in [-0.4, -0.2) is 13.2 Å². The molecule has 0 amide bonds. The molecule has 2 heteroatoms. The maximum Gasteiger partial charge on any atom is 0.0825 e. The average molecular weight is 101 g/mol. The second-order valence-corrected chi connectivity index (χ2v) is 1.51. The fourth-order valence-electron chi connectivity index (χ4n) is 0.525. The van der Waals surface area contributed by atoms with Crippen molar-refractivity contribution in [1.82, 2.24) is 0 Å². The van der Waals surface area contributed by atoms with Crippen LogP contribution in [0.5, 0.6) is 0 Å². The molecule has 0 bridgehead atoms. The van der Waals surface area contributed by atoms with Crippen LogP contribution in [0.15, 0.2) is 0 Å². The van der Waals surface area contributed by atoms with Crippen LogP contribution in [0.2, 0.25) is 0 Å². The minimum atomic E-state index is 0.722. The number of hydrogen-bond acceptors (Lipinski definition) is 2. The van der Waals surface area contributed by atoms with Gasteiger partial charge >= 0.3 is 0 Å². The maximum absolute atomic E-state index is 4.66. The summed E-state index contributed by atoms with van der Waals surface area (Å²) in [6.45, 7) is 1.44. The fourth-order valence-corrected chi connectivity index (χ4v) is 0.525. The third kappa shape index (κ3) is 1.90. The Morgan fingerprint density at radius 3 is 2.14 bits per heavy atom. The van der Waals surface area contributed by atoms with Gasteiger partial charge in [-0.05, 0) is 19.3 Å². The van der Waals surface area contributed by atoms with Crippen molar-refractivity contribution < 1.29 is 9.78 Å². The summed E-state index contributed by atoms with van der Waals surface area (Å²) in [5.74, 6) is 0. The molecule has 1 saturated heterocycles. The molecule has 0 atom stereocenters. The molecule has 0 N–H and O–H groups in total. The van der Waals surface area contributed by atoms with Crippen LogP contribution in [0.3, 0.4) is 0 Å². The molecule has 0 saturated carbocycles. The van der Waals surface area contributed by atoms with Crippen molar-refractivity contribution in [2.24, 2.45) is 0 Å². The van der Waals surface area contributed by atoms with Gasteiger partial charge in [-0.2, -0.15) is 0 Å². The van der Waals surface area contributed by atoms with Crippen molar-refractivity contribution in [2.75, 3.05) is 13.2 Å². The summed E-state index contributed by atoms with van der Waals surface area (Å²) >= 11 is 0. The Morgan fingerprint density at radius 1 is 1.00 bits per heavy atom. The fraction of sp³-hybridized carbons (Fsp3) is 0.800. The monoisotopic (exact) mass is 101 g/mol. The van der Waals surface area contributed by atoms with Gasteiger partial charge in [0.25, 0.3) is 0 Å². The lowest BCUT2D eigenvalue weighted by atomic mass is 10.3. The van der Waals surface area contributed by atoms with E-state index in [0.29, 0.717) is 0 Å². The smallest absolute Gasteiger partial charge is 0.0825 e. The highest BCUT2D eigenvalue weighted by Crippen LogP contribution is 1.99. The topological polar surface area (TPSA) is 18.5 Å². The Morgan fingerprint density at radius 2 is 1.57 bits per heavy atom. The molecular weight excluding hydrogens is 92.1 g/mol. The Labute approximate surface area is 43.3 Å². The van der Waals surface area contributed by atoms with Gasteiger partial charge in [0.15, 0.2) is 0 Å². The molecule has 1 rings (SSSR count). The second kappa shape index (κ2) is 2.99. The highest BCUT2D eigenvalue weighted by Gasteiger charge is 1.96. The zero-order valence-corrected chi connectivity index (χ0v) is 4.22. The van der Waals surface area contributed by atoms with Crippen molar-refractivity contribution in [3.05, 3.63) is 6.42 Å². The predicted octanol–water partition coefficient (Wildman–Crippen LogP) is 0.933. The molecule has 7 heavy (non-hydrogen) atoms. The van der Waals surface area contributed by atoms with Gasteiger partial charge in [-0.15, -0.1) is 0 Å². The maximum atomic E-state index is 4.66. The predicted molar refractivity (Wildman–Crippen MR) is 25.4 cm³/mol. The summed E-state index contributed by atoms with van der Waals surface area (Å²) in [6, 6.07) is 0. The molecule has 1 aliphatic heterocycles. The Kier molecular flexibility index (Phi) is 2.17. The van der Waals surface area contributed by atoms with Crippen LogP contribution in [0.1, 0.15) is 12.8 Å². The quantitative estimate of drug-likeness (QED) is 0.423. The third-order valence-electron chi connectivity index (χ3n) is 0.894. The minimum Gasteiger partial charge on any atom is -0.237 e. The minimum absolute atomic E-state index is 0.722. The van der Waals surface area contributed by atoms with Gasteiger partial charge < -0.3 is 0 Å². The Balaban J connectivity index is 2.04. The van der Waals surface area contributed by atoms with E-state index in [1.807, 2.05) is 0 Å². The summed E-state index contributed by atoms with van der Waals surface area (Å²) in [4.78, 5) is 9.33. The van der Waals surface area contributed by atoms with Gasteiger partial charge in [-0.1, -0.05) is 0 Å². The number of rotatable bonds is 0. The van der Waals surface area contributed by atoms with E-state index in [2.05, 4.69) is 16.2 Å². The second-order valence-electron chi connectivity index (χ2n) is 1.51. The molecule has 2 nitrogen and oxygen atoms in total. The van der Waals surface area contributed by atoms with Gasteiger partial charge in [0, 0.05) is 0 Å². The van der Waals surface area contributed by atoms with Crippen molar-refractivity contribution in [3.8, 4) is 0 Å². The first kappa shape index (κ1) is 5.06. The lowest BCUT2D eigenvalue weighted by molar-refractivity contribution is -0.287. The molecule has 0 aliphatic carbocycles. The van der Waals surface area contributed by atoms with Crippen LogP contribution < -0.4 is 0 Å². The van der Waals surface area contributed by atoms with Crippen LogP contribution >= 0.6 is 0 Å². The van der Waals surface area contributed by atoms with E-state index in [1.54, 1.807) is 0 Å². The van der Waals surface area contributed by atoms with E-state index in [9.17, 15) is 0 Å². The van der Waals surface area contributed by atoms with E-state index < -0.39 is 0 Å². The Bertz CT molecular complexity index is 25.7. The summed E-state index contributed by atoms with van der Waals surface area (Å²) in [5.41, 5.74) is 0. The van der Waals surface area contributed by atoms with Crippen LogP contribution in [-0.2, 0) is 9.78 Å². The lowest BCUT2D eigenvalue weighted by Crippen LogP contribution is -1.90. The molecule has 41 valence electrons. The van der Waals surface area contributed by atoms with E-state index in [4.69, 9.17) is 0 Å². The van der Waals surface area contributed by atoms with Crippen LogP contribution in [0.25, 0.3) is 0 Å². The van der Waals surface area contributed by atoms with Crippen molar-refractivity contribution in [1.29, 1.82) is 0 Å². The van der Waals surface area contributed by atoms with Gasteiger partial charge in [0.05, 0.1) is 13.2 Å². The molecule has 1 radical (unpaired) electrons. The highest BCUT2D eigenvalue weighted by atomic mass is 17.2. The first-order valence-corrected chi connectivity index (χ1v) is 2.56. The summed E-state index contributed by atoms with van der Waals surface area (Å²) in [5, 5.41) is 0. The van der Waals surface area contributed by atoms with Crippen molar-refractivity contribution >= 4 is 0 Å². The molecular formula is C5H9O2. The molecule has 0 unspecified atom stereocenters. The van der Waals surface area contributed by atoms with Crippen molar-refractivity contribution in [3.63, 3.8) is 0 Å². The molecule has 0 aromatic rings. The van der Waals surface area contributed by atoms with Gasteiger partial charge in [0.1, 0.15) is 0 Å². The zero-order chi connectivity index (χ0) is 4.95. The van der Waals surface area contributed by atoms with E-state index in [1.165, 1.54) is 0 Å². The third-order valence-corrected chi connectivity index (χ3v) is 0.894. The average Bonchev–Trinajstić information content (AvgIpc) is 1.90. The standard InChI is InChI=1S/C5H9O2/c1-2-4-6-7-5-3-1/h1H,2-5H2. The van der Waals surface area contributed by atoms with Crippen LogP contribution in [0.4, 0.5) is 0 Å². The summed E-state index contributed by atoms with van der Waals surface area (Å²) < 4.78 is 0. The molecule has 0 spiro atoms. The molecule has 1 aliphatic rings.